The first kappa shape index (κ1) is 16.1. The zero-order valence-corrected chi connectivity index (χ0v) is 14.0. The van der Waals surface area contributed by atoms with Gasteiger partial charge in [-0.3, -0.25) is 4.79 Å². The average molecular weight is 301 g/mol. The predicted molar refractivity (Wildman–Crippen MR) is 87.8 cm³/mol. The summed E-state index contributed by atoms with van der Waals surface area (Å²) in [6, 6.07) is 7.59. The van der Waals surface area contributed by atoms with Crippen LogP contribution in [0.1, 0.15) is 48.2 Å². The lowest BCUT2D eigenvalue weighted by Crippen LogP contribution is -2.15. The van der Waals surface area contributed by atoms with E-state index in [-0.39, 0.29) is 11.3 Å². The molecule has 0 radical (unpaired) electrons. The lowest BCUT2D eigenvalue weighted by molar-refractivity contribution is 0.102. The van der Waals surface area contributed by atoms with Gasteiger partial charge in [-0.05, 0) is 43.0 Å². The van der Waals surface area contributed by atoms with Gasteiger partial charge in [0.15, 0.2) is 0 Å². The van der Waals surface area contributed by atoms with E-state index in [0.29, 0.717) is 22.8 Å². The standard InChI is InChI=1S/C18H23NO3/c1-11-9-14(12(2)22-11)17(20)19-15-10-13(18(3,4)5)7-8-16(15)21-6/h7-10H,1-6H3,(H,19,20). The van der Waals surface area contributed by atoms with E-state index in [1.54, 1.807) is 20.1 Å². The summed E-state index contributed by atoms with van der Waals surface area (Å²) in [6.45, 7) is 9.99. The van der Waals surface area contributed by atoms with Gasteiger partial charge in [0.25, 0.3) is 5.91 Å². The number of ether oxygens (including phenoxy) is 1. The zero-order chi connectivity index (χ0) is 16.5. The van der Waals surface area contributed by atoms with Gasteiger partial charge in [0.1, 0.15) is 17.3 Å². The third-order valence-electron chi connectivity index (χ3n) is 3.60. The molecule has 0 saturated heterocycles. The normalized spacial score (nSPS) is 11.4. The molecule has 0 aliphatic carbocycles. The van der Waals surface area contributed by atoms with Gasteiger partial charge in [0.2, 0.25) is 0 Å². The smallest absolute Gasteiger partial charge is 0.259 e. The Balaban J connectivity index is 2.35. The van der Waals surface area contributed by atoms with Gasteiger partial charge in [-0.25, -0.2) is 0 Å². The quantitative estimate of drug-likeness (QED) is 0.911. The Kier molecular flexibility index (Phi) is 4.31. The SMILES string of the molecule is COc1ccc(C(C)(C)C)cc1NC(=O)c1cc(C)oc1C. The summed E-state index contributed by atoms with van der Waals surface area (Å²) in [5.74, 6) is 1.77. The van der Waals surface area contributed by atoms with Crippen LogP contribution in [0.4, 0.5) is 5.69 Å². The first-order chi connectivity index (χ1) is 10.2. The summed E-state index contributed by atoms with van der Waals surface area (Å²) in [6.07, 6.45) is 0. The summed E-state index contributed by atoms with van der Waals surface area (Å²) in [7, 11) is 1.59. The molecule has 118 valence electrons. The number of nitrogens with one attached hydrogen (secondary N) is 1. The molecule has 1 N–H and O–H groups in total. The van der Waals surface area contributed by atoms with E-state index in [9.17, 15) is 4.79 Å². The summed E-state index contributed by atoms with van der Waals surface area (Å²) in [5.41, 5.74) is 2.33. The maximum Gasteiger partial charge on any atom is 0.259 e. The maximum absolute atomic E-state index is 12.5. The highest BCUT2D eigenvalue weighted by Crippen LogP contribution is 2.32. The molecular weight excluding hydrogens is 278 g/mol. The second kappa shape index (κ2) is 5.87. The lowest BCUT2D eigenvalue weighted by atomic mass is 9.87. The van der Waals surface area contributed by atoms with Crippen LogP contribution in [0.25, 0.3) is 0 Å². The monoisotopic (exact) mass is 301 g/mol. The largest absolute Gasteiger partial charge is 0.495 e. The predicted octanol–water partition coefficient (Wildman–Crippen LogP) is 4.45. The lowest BCUT2D eigenvalue weighted by Gasteiger charge is -2.21. The third-order valence-corrected chi connectivity index (χ3v) is 3.60. The molecule has 1 aromatic heterocycles. The van der Waals surface area contributed by atoms with E-state index in [2.05, 4.69) is 26.1 Å². The van der Waals surface area contributed by atoms with Gasteiger partial charge in [-0.1, -0.05) is 26.8 Å². The number of rotatable bonds is 3. The first-order valence-corrected chi connectivity index (χ1v) is 7.29. The summed E-state index contributed by atoms with van der Waals surface area (Å²) >= 11 is 0. The van der Waals surface area contributed by atoms with Gasteiger partial charge in [-0.2, -0.15) is 0 Å². The molecule has 0 unspecified atom stereocenters. The molecule has 0 aliphatic heterocycles. The third kappa shape index (κ3) is 3.32. The van der Waals surface area contributed by atoms with Crippen molar-refractivity contribution in [3.8, 4) is 5.75 Å². The van der Waals surface area contributed by atoms with Crippen LogP contribution in [0.15, 0.2) is 28.7 Å². The Hall–Kier alpha value is -2.23. The van der Waals surface area contributed by atoms with Gasteiger partial charge in [-0.15, -0.1) is 0 Å². The number of amides is 1. The molecule has 0 spiro atoms. The Labute approximate surface area is 131 Å². The van der Waals surface area contributed by atoms with Crippen molar-refractivity contribution in [2.24, 2.45) is 0 Å². The van der Waals surface area contributed by atoms with Crippen LogP contribution in [0.3, 0.4) is 0 Å². The number of carbonyl (C=O) groups excluding carboxylic acids is 1. The molecule has 0 aliphatic rings. The topological polar surface area (TPSA) is 51.5 Å². The van der Waals surface area contributed by atoms with Crippen LogP contribution >= 0.6 is 0 Å². The van der Waals surface area contributed by atoms with E-state index < -0.39 is 0 Å². The number of hydrogen-bond acceptors (Lipinski definition) is 3. The molecule has 1 amide bonds. The first-order valence-electron chi connectivity index (χ1n) is 7.29. The molecule has 0 saturated carbocycles. The van der Waals surface area contributed by atoms with E-state index >= 15 is 0 Å². The molecule has 4 nitrogen and oxygen atoms in total. The molecule has 2 rings (SSSR count). The van der Waals surface area contributed by atoms with Crippen molar-refractivity contribution >= 4 is 11.6 Å². The van der Waals surface area contributed by atoms with Crippen LogP contribution in [0, 0.1) is 13.8 Å². The molecule has 22 heavy (non-hydrogen) atoms. The second-order valence-corrected chi connectivity index (χ2v) is 6.45. The van der Waals surface area contributed by atoms with Crippen molar-refractivity contribution in [1.82, 2.24) is 0 Å². The number of anilines is 1. The number of furan rings is 1. The summed E-state index contributed by atoms with van der Waals surface area (Å²) in [4.78, 5) is 12.5. The fourth-order valence-electron chi connectivity index (χ4n) is 2.32. The van der Waals surface area contributed by atoms with Crippen molar-refractivity contribution in [3.63, 3.8) is 0 Å². The van der Waals surface area contributed by atoms with E-state index in [1.807, 2.05) is 25.1 Å². The molecule has 0 fully saturated rings. The molecular formula is C18H23NO3. The van der Waals surface area contributed by atoms with Crippen LogP contribution < -0.4 is 10.1 Å². The minimum absolute atomic E-state index is 0.00606. The van der Waals surface area contributed by atoms with Crippen molar-refractivity contribution < 1.29 is 13.9 Å². The van der Waals surface area contributed by atoms with E-state index in [4.69, 9.17) is 9.15 Å². The van der Waals surface area contributed by atoms with Crippen molar-refractivity contribution in [2.45, 2.75) is 40.0 Å². The van der Waals surface area contributed by atoms with Crippen LogP contribution in [0.5, 0.6) is 5.75 Å². The minimum Gasteiger partial charge on any atom is -0.495 e. The van der Waals surface area contributed by atoms with Gasteiger partial charge in [0.05, 0.1) is 18.4 Å². The molecule has 0 bridgehead atoms. The number of benzene rings is 1. The average Bonchev–Trinajstić information content (AvgIpc) is 2.76. The zero-order valence-electron chi connectivity index (χ0n) is 14.0. The number of carbonyl (C=O) groups is 1. The Bertz CT molecular complexity index is 693. The molecule has 2 aromatic rings. The molecule has 1 heterocycles. The fourth-order valence-corrected chi connectivity index (χ4v) is 2.32. The van der Waals surface area contributed by atoms with Crippen molar-refractivity contribution in [2.75, 3.05) is 12.4 Å². The highest BCUT2D eigenvalue weighted by atomic mass is 16.5. The number of hydrogen-bond donors (Lipinski definition) is 1. The maximum atomic E-state index is 12.5. The van der Waals surface area contributed by atoms with Gasteiger partial charge in [0, 0.05) is 0 Å². The molecule has 1 aromatic carbocycles. The van der Waals surface area contributed by atoms with Crippen molar-refractivity contribution in [3.05, 3.63) is 46.9 Å². The Morgan fingerprint density at radius 2 is 1.86 bits per heavy atom. The van der Waals surface area contributed by atoms with Gasteiger partial charge < -0.3 is 14.5 Å². The second-order valence-electron chi connectivity index (χ2n) is 6.45. The van der Waals surface area contributed by atoms with E-state index in [0.717, 1.165) is 11.3 Å². The number of aryl methyl sites for hydroxylation is 2. The van der Waals surface area contributed by atoms with Crippen LogP contribution in [-0.2, 0) is 5.41 Å². The Morgan fingerprint density at radius 3 is 2.36 bits per heavy atom. The Morgan fingerprint density at radius 1 is 1.18 bits per heavy atom. The fraction of sp³-hybridized carbons (Fsp3) is 0.389. The molecule has 0 atom stereocenters. The van der Waals surface area contributed by atoms with Crippen LogP contribution in [-0.4, -0.2) is 13.0 Å². The number of methoxy groups -OCH3 is 1. The molecule has 4 heteroatoms. The van der Waals surface area contributed by atoms with Crippen molar-refractivity contribution in [1.29, 1.82) is 0 Å². The minimum atomic E-state index is -0.196. The summed E-state index contributed by atoms with van der Waals surface area (Å²) in [5, 5.41) is 2.92. The van der Waals surface area contributed by atoms with Gasteiger partial charge >= 0.3 is 0 Å². The summed E-state index contributed by atoms with van der Waals surface area (Å²) < 4.78 is 10.8. The van der Waals surface area contributed by atoms with E-state index in [1.165, 1.54) is 0 Å². The highest BCUT2D eigenvalue weighted by Gasteiger charge is 2.19. The highest BCUT2D eigenvalue weighted by molar-refractivity contribution is 6.05. The van der Waals surface area contributed by atoms with Crippen LogP contribution in [0.2, 0.25) is 0 Å².